The minimum atomic E-state index is 0.297. The molecule has 0 radical (unpaired) electrons. The van der Waals surface area contributed by atoms with Crippen LogP contribution in [0.5, 0.6) is 0 Å². The molecule has 0 fully saturated rings. The van der Waals surface area contributed by atoms with Crippen molar-refractivity contribution in [2.45, 2.75) is 52.0 Å². The van der Waals surface area contributed by atoms with E-state index in [2.05, 4.69) is 24.1 Å². The van der Waals surface area contributed by atoms with Gasteiger partial charge in [0.1, 0.15) is 0 Å². The van der Waals surface area contributed by atoms with Gasteiger partial charge in [0.15, 0.2) is 0 Å². The third kappa shape index (κ3) is 5.05. The van der Waals surface area contributed by atoms with Crippen molar-refractivity contribution in [3.05, 3.63) is 29.0 Å². The summed E-state index contributed by atoms with van der Waals surface area (Å²) < 4.78 is 0. The number of pyridine rings is 1. The third-order valence-electron chi connectivity index (χ3n) is 2.91. The van der Waals surface area contributed by atoms with Gasteiger partial charge in [-0.15, -0.1) is 0 Å². The van der Waals surface area contributed by atoms with Gasteiger partial charge in [0.25, 0.3) is 0 Å². The molecule has 1 heterocycles. The first-order valence-electron chi connectivity index (χ1n) is 6.63. The molecule has 1 atom stereocenters. The van der Waals surface area contributed by atoms with Crippen LogP contribution in [0.4, 0.5) is 0 Å². The number of hydrogen-bond acceptors (Lipinski definition) is 2. The van der Waals surface area contributed by atoms with E-state index >= 15 is 0 Å². The SMILES string of the molecule is CCCCCCC(NCC)c1ncccc1Cl. The van der Waals surface area contributed by atoms with Gasteiger partial charge in [-0.2, -0.15) is 0 Å². The van der Waals surface area contributed by atoms with Crippen LogP contribution < -0.4 is 5.32 Å². The molecule has 3 heteroatoms. The maximum atomic E-state index is 6.19. The molecule has 0 saturated heterocycles. The van der Waals surface area contributed by atoms with Crippen molar-refractivity contribution in [2.75, 3.05) is 6.54 Å². The van der Waals surface area contributed by atoms with Crippen LogP contribution >= 0.6 is 11.6 Å². The van der Waals surface area contributed by atoms with Crippen molar-refractivity contribution >= 4 is 11.6 Å². The molecular formula is C14H23ClN2. The molecule has 0 bridgehead atoms. The van der Waals surface area contributed by atoms with Gasteiger partial charge in [-0.05, 0) is 25.1 Å². The van der Waals surface area contributed by atoms with E-state index in [1.165, 1.54) is 25.7 Å². The zero-order chi connectivity index (χ0) is 12.5. The Kier molecular flexibility index (Phi) is 7.22. The molecule has 1 aromatic rings. The normalized spacial score (nSPS) is 12.6. The number of nitrogens with one attached hydrogen (secondary N) is 1. The highest BCUT2D eigenvalue weighted by atomic mass is 35.5. The van der Waals surface area contributed by atoms with Crippen molar-refractivity contribution in [1.29, 1.82) is 0 Å². The number of rotatable bonds is 8. The molecule has 0 aromatic carbocycles. The summed E-state index contributed by atoms with van der Waals surface area (Å²) in [4.78, 5) is 4.40. The van der Waals surface area contributed by atoms with Crippen molar-refractivity contribution in [1.82, 2.24) is 10.3 Å². The second-order valence-corrected chi connectivity index (χ2v) is 4.74. The summed E-state index contributed by atoms with van der Waals surface area (Å²) in [6, 6.07) is 4.09. The lowest BCUT2D eigenvalue weighted by Crippen LogP contribution is -2.22. The average molecular weight is 255 g/mol. The summed E-state index contributed by atoms with van der Waals surface area (Å²) in [6.07, 6.45) is 8.05. The van der Waals surface area contributed by atoms with E-state index in [4.69, 9.17) is 11.6 Å². The summed E-state index contributed by atoms with van der Waals surface area (Å²) >= 11 is 6.19. The lowest BCUT2D eigenvalue weighted by Gasteiger charge is -2.18. The lowest BCUT2D eigenvalue weighted by atomic mass is 10.0. The first kappa shape index (κ1) is 14.5. The topological polar surface area (TPSA) is 24.9 Å². The number of hydrogen-bond donors (Lipinski definition) is 1. The second kappa shape index (κ2) is 8.48. The Labute approximate surface area is 110 Å². The number of unbranched alkanes of at least 4 members (excludes halogenated alkanes) is 3. The van der Waals surface area contributed by atoms with Gasteiger partial charge in [-0.25, -0.2) is 0 Å². The van der Waals surface area contributed by atoms with Crippen LogP contribution in [0.2, 0.25) is 5.02 Å². The molecule has 0 amide bonds. The van der Waals surface area contributed by atoms with E-state index in [0.717, 1.165) is 23.7 Å². The molecule has 1 unspecified atom stereocenters. The molecule has 0 aliphatic rings. The first-order chi connectivity index (χ1) is 8.29. The van der Waals surface area contributed by atoms with Crippen molar-refractivity contribution < 1.29 is 0 Å². The monoisotopic (exact) mass is 254 g/mol. The van der Waals surface area contributed by atoms with E-state index in [1.807, 2.05) is 18.3 Å². The molecule has 0 aliphatic carbocycles. The molecule has 0 saturated carbocycles. The first-order valence-corrected chi connectivity index (χ1v) is 7.01. The second-order valence-electron chi connectivity index (χ2n) is 4.33. The van der Waals surface area contributed by atoms with Crippen molar-refractivity contribution in [3.63, 3.8) is 0 Å². The van der Waals surface area contributed by atoms with Gasteiger partial charge >= 0.3 is 0 Å². The lowest BCUT2D eigenvalue weighted by molar-refractivity contribution is 0.473. The quantitative estimate of drug-likeness (QED) is 0.698. The fraction of sp³-hybridized carbons (Fsp3) is 0.643. The van der Waals surface area contributed by atoms with Gasteiger partial charge < -0.3 is 5.32 Å². The highest BCUT2D eigenvalue weighted by Crippen LogP contribution is 2.24. The van der Waals surface area contributed by atoms with Crippen LogP contribution in [0.15, 0.2) is 18.3 Å². The predicted octanol–water partition coefficient (Wildman–Crippen LogP) is 4.36. The van der Waals surface area contributed by atoms with Gasteiger partial charge in [-0.1, -0.05) is 51.1 Å². The molecule has 17 heavy (non-hydrogen) atoms. The zero-order valence-electron chi connectivity index (χ0n) is 10.9. The molecule has 1 rings (SSSR count). The number of halogens is 1. The Hall–Kier alpha value is -0.600. The maximum Gasteiger partial charge on any atom is 0.0758 e. The summed E-state index contributed by atoms with van der Waals surface area (Å²) in [5, 5.41) is 4.24. The molecule has 0 aliphatic heterocycles. The Morgan fingerprint density at radius 2 is 2.12 bits per heavy atom. The largest absolute Gasteiger partial charge is 0.309 e. The molecule has 1 aromatic heterocycles. The Balaban J connectivity index is 2.56. The van der Waals surface area contributed by atoms with Crippen molar-refractivity contribution in [2.24, 2.45) is 0 Å². The van der Waals surface area contributed by atoms with E-state index in [9.17, 15) is 0 Å². The molecule has 1 N–H and O–H groups in total. The van der Waals surface area contributed by atoms with E-state index in [0.29, 0.717) is 6.04 Å². The summed E-state index contributed by atoms with van der Waals surface area (Å²) in [5.41, 5.74) is 0.993. The van der Waals surface area contributed by atoms with Crippen LogP contribution in [-0.4, -0.2) is 11.5 Å². The highest BCUT2D eigenvalue weighted by Gasteiger charge is 2.14. The number of nitrogens with zero attached hydrogens (tertiary/aromatic N) is 1. The van der Waals surface area contributed by atoms with Gasteiger partial charge in [-0.3, -0.25) is 4.98 Å². The maximum absolute atomic E-state index is 6.19. The Morgan fingerprint density at radius 1 is 1.29 bits per heavy atom. The van der Waals surface area contributed by atoms with Crippen LogP contribution in [0.1, 0.15) is 57.7 Å². The predicted molar refractivity (Wildman–Crippen MR) is 74.4 cm³/mol. The van der Waals surface area contributed by atoms with Gasteiger partial charge in [0, 0.05) is 6.20 Å². The van der Waals surface area contributed by atoms with Crippen LogP contribution in [0.3, 0.4) is 0 Å². The fourth-order valence-corrected chi connectivity index (χ4v) is 2.26. The van der Waals surface area contributed by atoms with E-state index in [1.54, 1.807) is 0 Å². The Bertz CT molecular complexity index is 315. The zero-order valence-corrected chi connectivity index (χ0v) is 11.6. The van der Waals surface area contributed by atoms with E-state index < -0.39 is 0 Å². The highest BCUT2D eigenvalue weighted by molar-refractivity contribution is 6.31. The van der Waals surface area contributed by atoms with Gasteiger partial charge in [0.2, 0.25) is 0 Å². The molecule has 2 nitrogen and oxygen atoms in total. The van der Waals surface area contributed by atoms with Crippen molar-refractivity contribution in [3.8, 4) is 0 Å². The average Bonchev–Trinajstić information content (AvgIpc) is 2.34. The minimum Gasteiger partial charge on any atom is -0.309 e. The van der Waals surface area contributed by atoms with E-state index in [-0.39, 0.29) is 0 Å². The standard InChI is InChI=1S/C14H23ClN2/c1-3-5-6-7-10-13(16-4-2)14-12(15)9-8-11-17-14/h8-9,11,13,16H,3-7,10H2,1-2H3. The summed E-state index contributed by atoms with van der Waals surface area (Å²) in [6.45, 7) is 5.30. The Morgan fingerprint density at radius 3 is 2.76 bits per heavy atom. The van der Waals surface area contributed by atoms with Crippen LogP contribution in [-0.2, 0) is 0 Å². The molecular weight excluding hydrogens is 232 g/mol. The van der Waals surface area contributed by atoms with Crippen LogP contribution in [0, 0.1) is 0 Å². The fourth-order valence-electron chi connectivity index (χ4n) is 2.01. The third-order valence-corrected chi connectivity index (χ3v) is 3.23. The number of aromatic nitrogens is 1. The summed E-state index contributed by atoms with van der Waals surface area (Å²) in [7, 11) is 0. The molecule has 96 valence electrons. The van der Waals surface area contributed by atoms with Crippen LogP contribution in [0.25, 0.3) is 0 Å². The smallest absolute Gasteiger partial charge is 0.0758 e. The minimum absolute atomic E-state index is 0.297. The van der Waals surface area contributed by atoms with Gasteiger partial charge in [0.05, 0.1) is 16.8 Å². The molecule has 0 spiro atoms. The summed E-state index contributed by atoms with van der Waals surface area (Å²) in [5.74, 6) is 0.